The van der Waals surface area contributed by atoms with Crippen LogP contribution in [0.4, 0.5) is 10.8 Å². The molecule has 90 valence electrons. The second-order valence-electron chi connectivity index (χ2n) is 3.31. The third kappa shape index (κ3) is 3.16. The van der Waals surface area contributed by atoms with Gasteiger partial charge in [0.15, 0.2) is 5.13 Å². The maximum atomic E-state index is 10.8. The lowest BCUT2D eigenvalue weighted by molar-refractivity contribution is 0.603. The highest BCUT2D eigenvalue weighted by Gasteiger charge is 2.08. The SMILES string of the molecule is Nc1cccc(-c2csc(NS(N)(=O)=O)n2)c1. The lowest BCUT2D eigenvalue weighted by atomic mass is 10.1. The van der Waals surface area contributed by atoms with Crippen LogP contribution in [0.25, 0.3) is 11.3 Å². The van der Waals surface area contributed by atoms with E-state index in [0.29, 0.717) is 11.4 Å². The molecule has 0 saturated carbocycles. The molecular weight excluding hydrogens is 260 g/mol. The molecule has 1 aromatic carbocycles. The Hall–Kier alpha value is -1.64. The van der Waals surface area contributed by atoms with Crippen molar-refractivity contribution in [2.45, 2.75) is 0 Å². The molecule has 0 atom stereocenters. The summed E-state index contributed by atoms with van der Waals surface area (Å²) in [5.41, 5.74) is 7.74. The Morgan fingerprint density at radius 1 is 1.35 bits per heavy atom. The summed E-state index contributed by atoms with van der Waals surface area (Å²) in [6.07, 6.45) is 0. The highest BCUT2D eigenvalue weighted by atomic mass is 32.2. The van der Waals surface area contributed by atoms with Gasteiger partial charge in [0.05, 0.1) is 5.69 Å². The van der Waals surface area contributed by atoms with E-state index in [4.69, 9.17) is 10.9 Å². The molecule has 8 heteroatoms. The highest BCUT2D eigenvalue weighted by molar-refractivity contribution is 7.90. The zero-order chi connectivity index (χ0) is 12.5. The Morgan fingerprint density at radius 2 is 2.12 bits per heavy atom. The molecule has 0 amide bonds. The molecule has 0 aliphatic carbocycles. The lowest BCUT2D eigenvalue weighted by Gasteiger charge is -1.98. The predicted octanol–water partition coefficient (Wildman–Crippen LogP) is 1.01. The van der Waals surface area contributed by atoms with Crippen molar-refractivity contribution in [2.24, 2.45) is 5.14 Å². The fourth-order valence-electron chi connectivity index (χ4n) is 1.27. The number of nitrogens with zero attached hydrogens (tertiary/aromatic N) is 1. The molecule has 0 unspecified atom stereocenters. The molecular formula is C9H10N4O2S2. The van der Waals surface area contributed by atoms with Crippen LogP contribution in [0.15, 0.2) is 29.6 Å². The Bertz CT molecular complexity index is 636. The van der Waals surface area contributed by atoms with Crippen molar-refractivity contribution in [1.29, 1.82) is 0 Å². The third-order valence-electron chi connectivity index (χ3n) is 1.92. The van der Waals surface area contributed by atoms with Crippen LogP contribution < -0.4 is 15.6 Å². The van der Waals surface area contributed by atoms with Crippen LogP contribution >= 0.6 is 11.3 Å². The average molecular weight is 270 g/mol. The molecule has 0 saturated heterocycles. The zero-order valence-corrected chi connectivity index (χ0v) is 10.3. The smallest absolute Gasteiger partial charge is 0.298 e. The van der Waals surface area contributed by atoms with Crippen molar-refractivity contribution in [2.75, 3.05) is 10.5 Å². The molecule has 5 N–H and O–H groups in total. The summed E-state index contributed by atoms with van der Waals surface area (Å²) in [5.74, 6) is 0. The van der Waals surface area contributed by atoms with Crippen LogP contribution in [-0.4, -0.2) is 13.4 Å². The number of hydrogen-bond donors (Lipinski definition) is 3. The number of nitrogen functional groups attached to an aromatic ring is 1. The number of hydrogen-bond acceptors (Lipinski definition) is 5. The van der Waals surface area contributed by atoms with E-state index in [9.17, 15) is 8.42 Å². The summed E-state index contributed by atoms with van der Waals surface area (Å²) < 4.78 is 23.7. The van der Waals surface area contributed by atoms with E-state index in [0.717, 1.165) is 16.9 Å². The fraction of sp³-hybridized carbons (Fsp3) is 0. The van der Waals surface area contributed by atoms with Gasteiger partial charge in [-0.15, -0.1) is 11.3 Å². The standard InChI is InChI=1S/C9H10N4O2S2/c10-7-3-1-2-6(4-7)8-5-16-9(12-8)13-17(11,14)15/h1-5H,10H2,(H,12,13)(H2,11,14,15). The van der Waals surface area contributed by atoms with Gasteiger partial charge >= 0.3 is 0 Å². The minimum Gasteiger partial charge on any atom is -0.399 e. The van der Waals surface area contributed by atoms with Crippen molar-refractivity contribution in [3.05, 3.63) is 29.6 Å². The van der Waals surface area contributed by atoms with Gasteiger partial charge in [-0.3, -0.25) is 0 Å². The summed E-state index contributed by atoms with van der Waals surface area (Å²) >= 11 is 1.15. The maximum Gasteiger partial charge on any atom is 0.298 e. The van der Waals surface area contributed by atoms with Crippen molar-refractivity contribution >= 4 is 32.4 Å². The van der Waals surface area contributed by atoms with Crippen LogP contribution in [-0.2, 0) is 10.2 Å². The molecule has 0 bridgehead atoms. The topological polar surface area (TPSA) is 111 Å². The van der Waals surface area contributed by atoms with Gasteiger partial charge in [0.1, 0.15) is 0 Å². The van der Waals surface area contributed by atoms with E-state index < -0.39 is 10.2 Å². The Morgan fingerprint density at radius 3 is 2.76 bits per heavy atom. The van der Waals surface area contributed by atoms with Gasteiger partial charge in [-0.25, -0.2) is 14.8 Å². The Balaban J connectivity index is 2.30. The number of thiazole rings is 1. The number of anilines is 2. The molecule has 6 nitrogen and oxygen atoms in total. The molecule has 0 radical (unpaired) electrons. The van der Waals surface area contributed by atoms with Crippen LogP contribution in [0, 0.1) is 0 Å². The van der Waals surface area contributed by atoms with E-state index in [2.05, 4.69) is 9.71 Å². The number of benzene rings is 1. The van der Waals surface area contributed by atoms with Crippen molar-refractivity contribution < 1.29 is 8.42 Å². The minimum atomic E-state index is -3.78. The summed E-state index contributed by atoms with van der Waals surface area (Å²) in [4.78, 5) is 4.10. The van der Waals surface area contributed by atoms with Gasteiger partial charge in [0, 0.05) is 16.6 Å². The molecule has 1 heterocycles. The first-order chi connectivity index (χ1) is 7.94. The Kier molecular flexibility index (Phi) is 3.01. The lowest BCUT2D eigenvalue weighted by Crippen LogP contribution is -2.21. The zero-order valence-electron chi connectivity index (χ0n) is 8.62. The number of aromatic nitrogens is 1. The molecule has 0 aliphatic rings. The summed E-state index contributed by atoms with van der Waals surface area (Å²) in [6, 6.07) is 7.16. The Labute approximate surface area is 102 Å². The van der Waals surface area contributed by atoms with E-state index >= 15 is 0 Å². The average Bonchev–Trinajstić information content (AvgIpc) is 2.63. The molecule has 0 fully saturated rings. The molecule has 17 heavy (non-hydrogen) atoms. The van der Waals surface area contributed by atoms with E-state index in [1.165, 1.54) is 0 Å². The summed E-state index contributed by atoms with van der Waals surface area (Å²) in [7, 11) is -3.78. The predicted molar refractivity (Wildman–Crippen MR) is 68.7 cm³/mol. The number of nitrogens with one attached hydrogen (secondary N) is 1. The van der Waals surface area contributed by atoms with Gasteiger partial charge in [-0.2, -0.15) is 8.42 Å². The largest absolute Gasteiger partial charge is 0.399 e. The fourth-order valence-corrected chi connectivity index (χ4v) is 2.67. The van der Waals surface area contributed by atoms with Crippen LogP contribution in [0.5, 0.6) is 0 Å². The quantitative estimate of drug-likeness (QED) is 0.722. The first-order valence-corrected chi connectivity index (χ1v) is 6.98. The third-order valence-corrected chi connectivity index (χ3v) is 3.28. The normalized spacial score (nSPS) is 11.4. The van der Waals surface area contributed by atoms with Gasteiger partial charge in [0.25, 0.3) is 10.2 Å². The van der Waals surface area contributed by atoms with Crippen molar-refractivity contribution in [3.8, 4) is 11.3 Å². The number of nitrogens with two attached hydrogens (primary N) is 2. The van der Waals surface area contributed by atoms with Crippen LogP contribution in [0.3, 0.4) is 0 Å². The van der Waals surface area contributed by atoms with Crippen LogP contribution in [0.2, 0.25) is 0 Å². The van der Waals surface area contributed by atoms with E-state index in [-0.39, 0.29) is 5.13 Å². The van der Waals surface area contributed by atoms with Crippen molar-refractivity contribution in [3.63, 3.8) is 0 Å². The first-order valence-electron chi connectivity index (χ1n) is 4.56. The first kappa shape index (κ1) is 11.8. The van der Waals surface area contributed by atoms with Gasteiger partial charge in [0.2, 0.25) is 0 Å². The van der Waals surface area contributed by atoms with Crippen molar-refractivity contribution in [1.82, 2.24) is 4.98 Å². The number of rotatable bonds is 3. The monoisotopic (exact) mass is 270 g/mol. The van der Waals surface area contributed by atoms with E-state index in [1.54, 1.807) is 23.6 Å². The summed E-state index contributed by atoms with van der Waals surface area (Å²) in [5, 5.41) is 6.80. The molecule has 0 spiro atoms. The molecule has 2 aromatic rings. The van der Waals surface area contributed by atoms with E-state index in [1.807, 2.05) is 6.07 Å². The van der Waals surface area contributed by atoms with Gasteiger partial charge < -0.3 is 5.73 Å². The van der Waals surface area contributed by atoms with Crippen LogP contribution in [0.1, 0.15) is 0 Å². The molecule has 0 aliphatic heterocycles. The van der Waals surface area contributed by atoms with Gasteiger partial charge in [-0.05, 0) is 12.1 Å². The maximum absolute atomic E-state index is 10.8. The highest BCUT2D eigenvalue weighted by Crippen LogP contribution is 2.26. The minimum absolute atomic E-state index is 0.227. The second-order valence-corrected chi connectivity index (χ2v) is 5.46. The van der Waals surface area contributed by atoms with Gasteiger partial charge in [-0.1, -0.05) is 12.1 Å². The molecule has 2 rings (SSSR count). The summed E-state index contributed by atoms with van der Waals surface area (Å²) in [6.45, 7) is 0. The second kappa shape index (κ2) is 4.32. The molecule has 1 aromatic heterocycles.